The van der Waals surface area contributed by atoms with Crippen LogP contribution >= 0.6 is 0 Å². The maximum atomic E-state index is 13.8. The molecule has 5 rings (SSSR count). The lowest BCUT2D eigenvalue weighted by Gasteiger charge is -2.61. The van der Waals surface area contributed by atoms with Crippen molar-refractivity contribution in [3.63, 3.8) is 0 Å². The molecule has 2 N–H and O–H groups in total. The number of carbonyl (C=O) groups is 2. The van der Waals surface area contributed by atoms with Crippen molar-refractivity contribution < 1.29 is 14.7 Å². The molecule has 2 fully saturated rings. The molecule has 5 nitrogen and oxygen atoms in total. The Labute approximate surface area is 208 Å². The lowest BCUT2D eigenvalue weighted by molar-refractivity contribution is -0.149. The molecule has 3 aliphatic rings. The molecule has 2 aromatic rings. The van der Waals surface area contributed by atoms with Crippen LogP contribution in [0.25, 0.3) is 0 Å². The fourth-order valence-corrected chi connectivity index (χ4v) is 6.97. The number of nitrogens with zero attached hydrogens (tertiary/aromatic N) is 1. The average molecular weight is 475 g/mol. The summed E-state index contributed by atoms with van der Waals surface area (Å²) in [7, 11) is 0. The van der Waals surface area contributed by atoms with Crippen molar-refractivity contribution >= 4 is 11.8 Å². The van der Waals surface area contributed by atoms with Crippen LogP contribution in [-0.4, -0.2) is 40.4 Å². The SMILES string of the molecule is CC1(C)[C@H]2Cc3c(O)cccc3[C@]1(C)CCN2C(=O)C1CCC(NC(=O)Cc2ccccc2)CC1. The standard InChI is InChI=1S/C30H38N2O3/c1-29(2)26-19-23-24(10-7-11-25(23)33)30(29,3)16-17-32(26)28(35)21-12-14-22(15-13-21)31-27(34)18-20-8-5-4-6-9-20/h4-11,21-22,26,33H,12-19H2,1-3H3,(H,31,34)/t21?,22?,26-,30+/m1/s1. The summed E-state index contributed by atoms with van der Waals surface area (Å²) in [6.07, 6.45) is 5.35. The molecule has 1 heterocycles. The number of aromatic hydroxyl groups is 1. The van der Waals surface area contributed by atoms with Crippen molar-refractivity contribution in [2.75, 3.05) is 6.54 Å². The van der Waals surface area contributed by atoms with Gasteiger partial charge >= 0.3 is 0 Å². The number of carbonyl (C=O) groups excluding carboxylic acids is 2. The van der Waals surface area contributed by atoms with Gasteiger partial charge in [-0.2, -0.15) is 0 Å². The molecule has 2 atom stereocenters. The first-order chi connectivity index (χ1) is 16.7. The van der Waals surface area contributed by atoms with E-state index in [9.17, 15) is 14.7 Å². The molecule has 35 heavy (non-hydrogen) atoms. The second kappa shape index (κ2) is 9.00. The topological polar surface area (TPSA) is 69.6 Å². The fraction of sp³-hybridized carbons (Fsp3) is 0.533. The van der Waals surface area contributed by atoms with Gasteiger partial charge in [0.2, 0.25) is 11.8 Å². The summed E-state index contributed by atoms with van der Waals surface area (Å²) in [4.78, 5) is 28.4. The number of rotatable bonds is 4. The monoisotopic (exact) mass is 474 g/mol. The van der Waals surface area contributed by atoms with Crippen LogP contribution in [0.5, 0.6) is 5.75 Å². The van der Waals surface area contributed by atoms with E-state index >= 15 is 0 Å². The Bertz CT molecular complexity index is 1100. The molecule has 2 aliphatic carbocycles. The van der Waals surface area contributed by atoms with Crippen LogP contribution in [0.3, 0.4) is 0 Å². The van der Waals surface area contributed by atoms with E-state index in [2.05, 4.69) is 37.1 Å². The van der Waals surface area contributed by atoms with Crippen molar-refractivity contribution in [3.05, 3.63) is 65.2 Å². The summed E-state index contributed by atoms with van der Waals surface area (Å²) in [5.41, 5.74) is 3.14. The number of phenols is 1. The largest absolute Gasteiger partial charge is 0.508 e. The molecular formula is C30H38N2O3. The first-order valence-electron chi connectivity index (χ1n) is 13.2. The molecule has 1 aliphatic heterocycles. The van der Waals surface area contributed by atoms with Crippen LogP contribution < -0.4 is 5.32 Å². The van der Waals surface area contributed by atoms with Gasteiger partial charge in [-0.1, -0.05) is 63.2 Å². The second-order valence-corrected chi connectivity index (χ2v) is 11.6. The lowest BCUT2D eigenvalue weighted by atomic mass is 9.51. The molecule has 0 aromatic heterocycles. The van der Waals surface area contributed by atoms with E-state index in [-0.39, 0.29) is 40.6 Å². The van der Waals surface area contributed by atoms with Gasteiger partial charge in [0.05, 0.1) is 6.42 Å². The minimum absolute atomic E-state index is 0.0169. The fourth-order valence-electron chi connectivity index (χ4n) is 6.97. The molecule has 0 radical (unpaired) electrons. The Morgan fingerprint density at radius 3 is 2.43 bits per heavy atom. The van der Waals surface area contributed by atoms with Gasteiger partial charge in [-0.3, -0.25) is 9.59 Å². The Kier molecular flexibility index (Phi) is 6.14. The highest BCUT2D eigenvalue weighted by Crippen LogP contribution is 2.57. The van der Waals surface area contributed by atoms with Gasteiger partial charge in [0, 0.05) is 30.0 Å². The number of phenolic OH excluding ortho intramolecular Hbond substituents is 1. The highest BCUT2D eigenvalue weighted by Gasteiger charge is 2.57. The molecule has 0 unspecified atom stereocenters. The van der Waals surface area contributed by atoms with E-state index in [1.165, 1.54) is 5.56 Å². The molecular weight excluding hydrogens is 436 g/mol. The maximum absolute atomic E-state index is 13.8. The number of hydrogen-bond acceptors (Lipinski definition) is 3. The number of fused-ring (bicyclic) bond motifs is 4. The zero-order chi connectivity index (χ0) is 24.8. The summed E-state index contributed by atoms with van der Waals surface area (Å²) >= 11 is 0. The zero-order valence-corrected chi connectivity index (χ0v) is 21.2. The Morgan fingerprint density at radius 2 is 1.71 bits per heavy atom. The summed E-state index contributed by atoms with van der Waals surface area (Å²) in [6, 6.07) is 15.9. The first kappa shape index (κ1) is 23.9. The van der Waals surface area contributed by atoms with Gasteiger partial charge in [-0.05, 0) is 66.7 Å². The third-order valence-electron chi connectivity index (χ3n) is 9.56. The minimum Gasteiger partial charge on any atom is -0.508 e. The Morgan fingerprint density at radius 1 is 1.00 bits per heavy atom. The van der Waals surface area contributed by atoms with Crippen LogP contribution in [0.15, 0.2) is 48.5 Å². The maximum Gasteiger partial charge on any atom is 0.225 e. The van der Waals surface area contributed by atoms with Crippen molar-refractivity contribution in [2.24, 2.45) is 11.3 Å². The van der Waals surface area contributed by atoms with Crippen molar-refractivity contribution in [1.29, 1.82) is 0 Å². The van der Waals surface area contributed by atoms with E-state index < -0.39 is 0 Å². The predicted octanol–water partition coefficient (Wildman–Crippen LogP) is 4.75. The molecule has 2 bridgehead atoms. The molecule has 1 saturated heterocycles. The smallest absolute Gasteiger partial charge is 0.225 e. The van der Waals surface area contributed by atoms with Crippen LogP contribution in [0.2, 0.25) is 0 Å². The highest BCUT2D eigenvalue weighted by molar-refractivity contribution is 5.80. The van der Waals surface area contributed by atoms with Crippen LogP contribution in [0.4, 0.5) is 0 Å². The highest BCUT2D eigenvalue weighted by atomic mass is 16.3. The van der Waals surface area contributed by atoms with Crippen LogP contribution in [-0.2, 0) is 27.8 Å². The number of benzene rings is 2. The molecule has 5 heteroatoms. The summed E-state index contributed by atoms with van der Waals surface area (Å²) < 4.78 is 0. The van der Waals surface area contributed by atoms with Gasteiger partial charge in [0.25, 0.3) is 0 Å². The number of hydrogen-bond donors (Lipinski definition) is 2. The number of likely N-dealkylation sites (tertiary alicyclic amines) is 1. The Balaban J connectivity index is 1.23. The number of nitrogens with one attached hydrogen (secondary N) is 1. The van der Waals surface area contributed by atoms with Gasteiger partial charge in [-0.15, -0.1) is 0 Å². The normalized spacial score (nSPS) is 29.2. The zero-order valence-electron chi connectivity index (χ0n) is 21.2. The molecule has 2 aromatic carbocycles. The van der Waals surface area contributed by atoms with E-state index in [0.717, 1.165) is 49.8 Å². The molecule has 0 spiro atoms. The van der Waals surface area contributed by atoms with Gasteiger partial charge in [0.15, 0.2) is 0 Å². The van der Waals surface area contributed by atoms with Crippen molar-refractivity contribution in [3.8, 4) is 5.75 Å². The average Bonchev–Trinajstić information content (AvgIpc) is 2.83. The van der Waals surface area contributed by atoms with Gasteiger partial charge in [-0.25, -0.2) is 0 Å². The number of piperidine rings is 1. The molecule has 1 saturated carbocycles. The molecule has 2 amide bonds. The van der Waals surface area contributed by atoms with Crippen molar-refractivity contribution in [1.82, 2.24) is 10.2 Å². The van der Waals surface area contributed by atoms with E-state index in [0.29, 0.717) is 18.6 Å². The first-order valence-corrected chi connectivity index (χ1v) is 13.2. The van der Waals surface area contributed by atoms with Crippen molar-refractivity contribution in [2.45, 2.75) is 83.2 Å². The van der Waals surface area contributed by atoms with Gasteiger partial charge < -0.3 is 15.3 Å². The summed E-state index contributed by atoms with van der Waals surface area (Å²) in [5.74, 6) is 0.695. The third kappa shape index (κ3) is 4.13. The van der Waals surface area contributed by atoms with Gasteiger partial charge in [0.1, 0.15) is 5.75 Å². The van der Waals surface area contributed by atoms with E-state index in [1.54, 1.807) is 6.07 Å². The predicted molar refractivity (Wildman–Crippen MR) is 137 cm³/mol. The van der Waals surface area contributed by atoms with E-state index in [4.69, 9.17) is 0 Å². The minimum atomic E-state index is -0.0790. The molecule has 186 valence electrons. The van der Waals surface area contributed by atoms with Crippen LogP contribution in [0.1, 0.15) is 69.6 Å². The number of amides is 2. The Hall–Kier alpha value is -2.82. The summed E-state index contributed by atoms with van der Waals surface area (Å²) in [6.45, 7) is 7.67. The second-order valence-electron chi connectivity index (χ2n) is 11.6. The quantitative estimate of drug-likeness (QED) is 0.672. The third-order valence-corrected chi connectivity index (χ3v) is 9.56. The van der Waals surface area contributed by atoms with E-state index in [1.807, 2.05) is 36.4 Å². The van der Waals surface area contributed by atoms with Crippen LogP contribution in [0, 0.1) is 11.3 Å². The lowest BCUT2D eigenvalue weighted by Crippen LogP contribution is -2.65. The summed E-state index contributed by atoms with van der Waals surface area (Å²) in [5, 5.41) is 13.8.